The van der Waals surface area contributed by atoms with E-state index in [2.05, 4.69) is 4.98 Å². The van der Waals surface area contributed by atoms with Crippen molar-refractivity contribution >= 4 is 0 Å². The van der Waals surface area contributed by atoms with Gasteiger partial charge in [-0.05, 0) is 13.8 Å². The molecule has 12 heavy (non-hydrogen) atoms. The molecule has 3 N–H and O–H groups in total. The van der Waals surface area contributed by atoms with E-state index in [0.717, 1.165) is 6.54 Å². The quantitative estimate of drug-likeness (QED) is 0.683. The average molecular weight is 169 g/mol. The highest BCUT2D eigenvalue weighted by Crippen LogP contribution is 2.12. The Morgan fingerprint density at radius 2 is 2.42 bits per heavy atom. The normalized spacial score (nSPS) is 16.0. The van der Waals surface area contributed by atoms with Crippen molar-refractivity contribution in [2.75, 3.05) is 0 Å². The van der Waals surface area contributed by atoms with Crippen LogP contribution in [0.5, 0.6) is 0 Å². The second kappa shape index (κ2) is 3.69. The third kappa shape index (κ3) is 1.65. The van der Waals surface area contributed by atoms with Gasteiger partial charge >= 0.3 is 0 Å². The van der Waals surface area contributed by atoms with Crippen LogP contribution in [0.2, 0.25) is 0 Å². The maximum absolute atomic E-state index is 9.59. The summed E-state index contributed by atoms with van der Waals surface area (Å²) in [4.78, 5) is 4.04. The summed E-state index contributed by atoms with van der Waals surface area (Å²) in [6.45, 7) is 4.57. The van der Waals surface area contributed by atoms with Gasteiger partial charge in [-0.3, -0.25) is 0 Å². The van der Waals surface area contributed by atoms with E-state index in [9.17, 15) is 5.11 Å². The molecule has 1 heterocycles. The van der Waals surface area contributed by atoms with Gasteiger partial charge in [0.2, 0.25) is 0 Å². The topological polar surface area (TPSA) is 64.1 Å². The molecule has 0 amide bonds. The first-order valence-corrected chi connectivity index (χ1v) is 4.11. The number of hydrogen-bond acceptors (Lipinski definition) is 3. The highest BCUT2D eigenvalue weighted by atomic mass is 16.3. The monoisotopic (exact) mass is 169 g/mol. The fraction of sp³-hybridized carbons (Fsp3) is 0.625. The molecule has 4 heteroatoms. The largest absolute Gasteiger partial charge is 0.384 e. The van der Waals surface area contributed by atoms with E-state index in [0.29, 0.717) is 5.82 Å². The molecule has 0 spiro atoms. The van der Waals surface area contributed by atoms with Crippen LogP contribution < -0.4 is 5.73 Å². The maximum Gasteiger partial charge on any atom is 0.139 e. The van der Waals surface area contributed by atoms with Crippen LogP contribution in [0.3, 0.4) is 0 Å². The predicted octanol–water partition coefficient (Wildman–Crippen LogP) is 0.284. The lowest BCUT2D eigenvalue weighted by molar-refractivity contribution is 0.139. The number of aromatic nitrogens is 2. The van der Waals surface area contributed by atoms with Crippen LogP contribution in [-0.2, 0) is 6.54 Å². The Balaban J connectivity index is 2.86. The highest BCUT2D eigenvalue weighted by Gasteiger charge is 2.16. The number of nitrogens with zero attached hydrogens (tertiary/aromatic N) is 2. The van der Waals surface area contributed by atoms with Gasteiger partial charge in [-0.1, -0.05) is 0 Å². The van der Waals surface area contributed by atoms with E-state index in [-0.39, 0.29) is 6.04 Å². The van der Waals surface area contributed by atoms with Gasteiger partial charge in [0.15, 0.2) is 0 Å². The van der Waals surface area contributed by atoms with Crippen LogP contribution in [0.1, 0.15) is 25.8 Å². The third-order valence-corrected chi connectivity index (χ3v) is 1.85. The number of rotatable bonds is 3. The number of nitrogens with two attached hydrogens (primary N) is 1. The van der Waals surface area contributed by atoms with Crippen LogP contribution in [0.15, 0.2) is 12.4 Å². The van der Waals surface area contributed by atoms with E-state index in [1.165, 1.54) is 0 Å². The minimum Gasteiger partial charge on any atom is -0.384 e. The standard InChI is InChI=1S/C8H15N3O/c1-3-11-5-4-10-8(11)7(12)6(2)9/h4-7,12H,3,9H2,1-2H3. The zero-order chi connectivity index (χ0) is 9.14. The molecule has 0 radical (unpaired) electrons. The van der Waals surface area contributed by atoms with Gasteiger partial charge in [-0.2, -0.15) is 0 Å². The van der Waals surface area contributed by atoms with Crippen molar-refractivity contribution in [3.8, 4) is 0 Å². The molecule has 4 nitrogen and oxygen atoms in total. The zero-order valence-electron chi connectivity index (χ0n) is 7.44. The molecule has 0 aliphatic heterocycles. The maximum atomic E-state index is 9.59. The van der Waals surface area contributed by atoms with Crippen LogP contribution in [0.4, 0.5) is 0 Å². The average Bonchev–Trinajstić information content (AvgIpc) is 2.49. The molecular formula is C8H15N3O. The molecule has 0 saturated heterocycles. The zero-order valence-corrected chi connectivity index (χ0v) is 7.44. The Kier molecular flexibility index (Phi) is 2.83. The lowest BCUT2D eigenvalue weighted by atomic mass is 10.2. The first-order chi connectivity index (χ1) is 5.66. The number of hydrogen-bond donors (Lipinski definition) is 2. The summed E-state index contributed by atoms with van der Waals surface area (Å²) in [6.07, 6.45) is 2.84. The van der Waals surface area contributed by atoms with Crippen molar-refractivity contribution in [3.63, 3.8) is 0 Å². The van der Waals surface area contributed by atoms with Gasteiger partial charge < -0.3 is 15.4 Å². The van der Waals surface area contributed by atoms with Gasteiger partial charge in [0.1, 0.15) is 11.9 Å². The van der Waals surface area contributed by atoms with Gasteiger partial charge in [-0.25, -0.2) is 4.98 Å². The minimum absolute atomic E-state index is 0.280. The van der Waals surface area contributed by atoms with Gasteiger partial charge in [0.25, 0.3) is 0 Å². The van der Waals surface area contributed by atoms with Crippen LogP contribution in [0.25, 0.3) is 0 Å². The molecule has 0 aliphatic carbocycles. The highest BCUT2D eigenvalue weighted by molar-refractivity contribution is 4.98. The Labute approximate surface area is 72.0 Å². The molecule has 1 aromatic rings. The van der Waals surface area contributed by atoms with Crippen LogP contribution in [0, 0.1) is 0 Å². The molecule has 2 unspecified atom stereocenters. The van der Waals surface area contributed by atoms with E-state index in [1.54, 1.807) is 13.1 Å². The molecule has 68 valence electrons. The summed E-state index contributed by atoms with van der Waals surface area (Å²) in [7, 11) is 0. The third-order valence-electron chi connectivity index (χ3n) is 1.85. The predicted molar refractivity (Wildman–Crippen MR) is 46.5 cm³/mol. The van der Waals surface area contributed by atoms with Gasteiger partial charge in [0.05, 0.1) is 0 Å². The number of aryl methyl sites for hydroxylation is 1. The molecule has 0 fully saturated rings. The summed E-state index contributed by atoms with van der Waals surface area (Å²) in [6, 6.07) is -0.280. The van der Waals surface area contributed by atoms with Crippen LogP contribution >= 0.6 is 0 Å². The smallest absolute Gasteiger partial charge is 0.139 e. The number of aliphatic hydroxyl groups is 1. The summed E-state index contributed by atoms with van der Waals surface area (Å²) in [5, 5.41) is 9.59. The van der Waals surface area contributed by atoms with E-state index in [4.69, 9.17) is 5.73 Å². The van der Waals surface area contributed by atoms with Crippen molar-refractivity contribution < 1.29 is 5.11 Å². The second-order valence-corrected chi connectivity index (χ2v) is 2.88. The Morgan fingerprint density at radius 3 is 2.92 bits per heavy atom. The Hall–Kier alpha value is -0.870. The van der Waals surface area contributed by atoms with Crippen molar-refractivity contribution in [2.45, 2.75) is 32.5 Å². The molecule has 0 saturated carbocycles. The van der Waals surface area contributed by atoms with Crippen molar-refractivity contribution in [2.24, 2.45) is 5.73 Å². The fourth-order valence-electron chi connectivity index (χ4n) is 1.09. The van der Waals surface area contributed by atoms with Gasteiger partial charge in [-0.15, -0.1) is 0 Å². The molecule has 1 rings (SSSR count). The van der Waals surface area contributed by atoms with E-state index < -0.39 is 6.10 Å². The molecule has 0 aliphatic rings. The Bertz CT molecular complexity index is 244. The fourth-order valence-corrected chi connectivity index (χ4v) is 1.09. The Morgan fingerprint density at radius 1 is 1.75 bits per heavy atom. The van der Waals surface area contributed by atoms with Crippen molar-refractivity contribution in [1.29, 1.82) is 0 Å². The van der Waals surface area contributed by atoms with Gasteiger partial charge in [0, 0.05) is 25.0 Å². The number of imidazole rings is 1. The molecular weight excluding hydrogens is 154 g/mol. The lowest BCUT2D eigenvalue weighted by Crippen LogP contribution is -2.26. The van der Waals surface area contributed by atoms with E-state index >= 15 is 0 Å². The van der Waals surface area contributed by atoms with E-state index in [1.807, 2.05) is 17.7 Å². The lowest BCUT2D eigenvalue weighted by Gasteiger charge is -2.14. The SMILES string of the molecule is CCn1ccnc1C(O)C(C)N. The number of aliphatic hydroxyl groups excluding tert-OH is 1. The molecule has 2 atom stereocenters. The minimum atomic E-state index is -0.667. The summed E-state index contributed by atoms with van der Waals surface area (Å²) in [5.41, 5.74) is 5.55. The molecule has 1 aromatic heterocycles. The first kappa shape index (κ1) is 9.22. The van der Waals surface area contributed by atoms with Crippen LogP contribution in [-0.4, -0.2) is 20.7 Å². The summed E-state index contributed by atoms with van der Waals surface area (Å²) in [5.74, 6) is 0.646. The second-order valence-electron chi connectivity index (χ2n) is 2.88. The summed E-state index contributed by atoms with van der Waals surface area (Å²) >= 11 is 0. The molecule has 0 aromatic carbocycles. The summed E-state index contributed by atoms with van der Waals surface area (Å²) < 4.78 is 1.88. The first-order valence-electron chi connectivity index (χ1n) is 4.11. The van der Waals surface area contributed by atoms with Crippen molar-refractivity contribution in [1.82, 2.24) is 9.55 Å². The molecule has 0 bridgehead atoms. The van der Waals surface area contributed by atoms with Crippen molar-refractivity contribution in [3.05, 3.63) is 18.2 Å².